The third kappa shape index (κ3) is 3.46. The summed E-state index contributed by atoms with van der Waals surface area (Å²) in [4.78, 5) is 2.51. The van der Waals surface area contributed by atoms with Crippen LogP contribution in [0.4, 0.5) is 0 Å². The molecule has 0 spiro atoms. The maximum Gasteiger partial charge on any atom is 0.161 e. The Kier molecular flexibility index (Phi) is 5.25. The van der Waals surface area contributed by atoms with Gasteiger partial charge in [-0.2, -0.15) is 0 Å². The lowest BCUT2D eigenvalue weighted by Crippen LogP contribution is -2.33. The highest BCUT2D eigenvalue weighted by atomic mass is 16.5. The molecule has 0 bridgehead atoms. The molecular weight excluding hydrogens is 350 g/mol. The average Bonchev–Trinajstić information content (AvgIpc) is 2.74. The van der Waals surface area contributed by atoms with Gasteiger partial charge in [0.05, 0.1) is 20.8 Å². The van der Waals surface area contributed by atoms with E-state index in [0.717, 1.165) is 36.6 Å². The highest BCUT2D eigenvalue weighted by molar-refractivity contribution is 5.83. The predicted molar refractivity (Wildman–Crippen MR) is 112 cm³/mol. The standard InChI is InChI=1S/C24H27NO3/c1-16-22-13-24(28-3)23(27-2)12-21(22)8-9-25(16)14-17-4-6-20-11-18(15-26)5-7-19(20)10-17/h4-7,10-13,16,26H,8-9,14-15H2,1-3H3. The van der Waals surface area contributed by atoms with Crippen molar-refractivity contribution in [2.24, 2.45) is 0 Å². The highest BCUT2D eigenvalue weighted by Gasteiger charge is 2.26. The van der Waals surface area contributed by atoms with Crippen LogP contribution in [-0.2, 0) is 19.6 Å². The summed E-state index contributed by atoms with van der Waals surface area (Å²) in [5.41, 5.74) is 4.92. The van der Waals surface area contributed by atoms with E-state index in [1.165, 1.54) is 27.5 Å². The molecule has 3 aromatic rings. The second kappa shape index (κ2) is 7.82. The first-order valence-electron chi connectivity index (χ1n) is 9.74. The van der Waals surface area contributed by atoms with E-state index in [1.807, 2.05) is 6.07 Å². The molecule has 1 aliphatic heterocycles. The molecule has 1 heterocycles. The molecule has 0 amide bonds. The number of aliphatic hydroxyl groups is 1. The fourth-order valence-corrected chi connectivity index (χ4v) is 4.19. The SMILES string of the molecule is COc1cc2c(cc1OC)C(C)N(Cc1ccc3cc(CO)ccc3c1)CC2. The lowest BCUT2D eigenvalue weighted by atomic mass is 9.92. The molecule has 4 rings (SSSR count). The summed E-state index contributed by atoms with van der Waals surface area (Å²) < 4.78 is 11.0. The van der Waals surface area contributed by atoms with Crippen LogP contribution in [0.25, 0.3) is 10.8 Å². The summed E-state index contributed by atoms with van der Waals surface area (Å²) in [6.07, 6.45) is 1.01. The number of ether oxygens (including phenoxy) is 2. The molecule has 4 nitrogen and oxygen atoms in total. The molecule has 1 atom stereocenters. The van der Waals surface area contributed by atoms with E-state index in [-0.39, 0.29) is 6.61 Å². The fraction of sp³-hybridized carbons (Fsp3) is 0.333. The summed E-state index contributed by atoms with van der Waals surface area (Å²) in [5, 5.41) is 11.7. The molecule has 0 aliphatic carbocycles. The molecule has 0 saturated heterocycles. The summed E-state index contributed by atoms with van der Waals surface area (Å²) in [6, 6.07) is 17.3. The Hall–Kier alpha value is -2.56. The van der Waals surface area contributed by atoms with E-state index in [2.05, 4.69) is 54.3 Å². The van der Waals surface area contributed by atoms with Crippen molar-refractivity contribution in [2.75, 3.05) is 20.8 Å². The summed E-state index contributed by atoms with van der Waals surface area (Å²) in [7, 11) is 3.37. The zero-order valence-corrected chi connectivity index (χ0v) is 16.7. The molecule has 1 unspecified atom stereocenters. The quantitative estimate of drug-likeness (QED) is 0.712. The van der Waals surface area contributed by atoms with E-state index in [4.69, 9.17) is 9.47 Å². The molecule has 0 fully saturated rings. The van der Waals surface area contributed by atoms with Crippen LogP contribution in [0.1, 0.15) is 35.2 Å². The number of fused-ring (bicyclic) bond motifs is 2. The van der Waals surface area contributed by atoms with E-state index >= 15 is 0 Å². The van der Waals surface area contributed by atoms with Crippen LogP contribution in [0.3, 0.4) is 0 Å². The van der Waals surface area contributed by atoms with Crippen LogP contribution in [-0.4, -0.2) is 30.8 Å². The molecule has 146 valence electrons. The number of hydrogen-bond acceptors (Lipinski definition) is 4. The van der Waals surface area contributed by atoms with Gasteiger partial charge in [0.15, 0.2) is 11.5 Å². The summed E-state index contributed by atoms with van der Waals surface area (Å²) >= 11 is 0. The fourth-order valence-electron chi connectivity index (χ4n) is 4.19. The highest BCUT2D eigenvalue weighted by Crippen LogP contribution is 2.38. The second-order valence-corrected chi connectivity index (χ2v) is 7.48. The number of rotatable bonds is 5. The molecule has 4 heteroatoms. The Balaban J connectivity index is 1.58. The molecule has 0 radical (unpaired) electrons. The molecule has 0 saturated carbocycles. The van der Waals surface area contributed by atoms with Crippen molar-refractivity contribution in [3.05, 3.63) is 70.8 Å². The first-order valence-corrected chi connectivity index (χ1v) is 9.74. The van der Waals surface area contributed by atoms with Gasteiger partial charge in [0.1, 0.15) is 0 Å². The minimum atomic E-state index is 0.0800. The van der Waals surface area contributed by atoms with Gasteiger partial charge in [0.2, 0.25) is 0 Å². The van der Waals surface area contributed by atoms with Gasteiger partial charge in [-0.3, -0.25) is 4.90 Å². The molecule has 28 heavy (non-hydrogen) atoms. The lowest BCUT2D eigenvalue weighted by molar-refractivity contribution is 0.189. The maximum absolute atomic E-state index is 9.32. The van der Waals surface area contributed by atoms with Gasteiger partial charge in [-0.25, -0.2) is 0 Å². The molecule has 3 aromatic carbocycles. The first kappa shape index (κ1) is 18.8. The second-order valence-electron chi connectivity index (χ2n) is 7.48. The Labute approximate surface area is 166 Å². The normalized spacial score (nSPS) is 16.8. The van der Waals surface area contributed by atoms with Crippen molar-refractivity contribution in [1.29, 1.82) is 0 Å². The van der Waals surface area contributed by atoms with Crippen molar-refractivity contribution in [1.82, 2.24) is 4.90 Å². The average molecular weight is 377 g/mol. The lowest BCUT2D eigenvalue weighted by Gasteiger charge is -2.35. The van der Waals surface area contributed by atoms with Gasteiger partial charge >= 0.3 is 0 Å². The van der Waals surface area contributed by atoms with E-state index in [0.29, 0.717) is 6.04 Å². The third-order valence-electron chi connectivity index (χ3n) is 5.85. The van der Waals surface area contributed by atoms with Crippen molar-refractivity contribution in [3.63, 3.8) is 0 Å². The minimum absolute atomic E-state index is 0.0800. The first-order chi connectivity index (χ1) is 13.6. The smallest absolute Gasteiger partial charge is 0.161 e. The third-order valence-corrected chi connectivity index (χ3v) is 5.85. The van der Waals surface area contributed by atoms with Gasteiger partial charge in [-0.15, -0.1) is 0 Å². The number of nitrogens with zero attached hydrogens (tertiary/aromatic N) is 1. The van der Waals surface area contributed by atoms with Gasteiger partial charge in [0.25, 0.3) is 0 Å². The zero-order chi connectivity index (χ0) is 19.7. The monoisotopic (exact) mass is 377 g/mol. The topological polar surface area (TPSA) is 41.9 Å². The zero-order valence-electron chi connectivity index (χ0n) is 16.7. The van der Waals surface area contributed by atoms with Crippen molar-refractivity contribution in [3.8, 4) is 11.5 Å². The Morgan fingerprint density at radius 1 is 0.929 bits per heavy atom. The van der Waals surface area contributed by atoms with Gasteiger partial charge < -0.3 is 14.6 Å². The number of hydrogen-bond donors (Lipinski definition) is 1. The Morgan fingerprint density at radius 2 is 1.57 bits per heavy atom. The van der Waals surface area contributed by atoms with Crippen LogP contribution in [0.2, 0.25) is 0 Å². The minimum Gasteiger partial charge on any atom is -0.493 e. The van der Waals surface area contributed by atoms with Gasteiger partial charge in [-0.1, -0.05) is 24.3 Å². The van der Waals surface area contributed by atoms with Crippen LogP contribution in [0.5, 0.6) is 11.5 Å². The van der Waals surface area contributed by atoms with E-state index < -0.39 is 0 Å². The van der Waals surface area contributed by atoms with Crippen molar-refractivity contribution in [2.45, 2.75) is 32.5 Å². The van der Waals surface area contributed by atoms with Crippen LogP contribution < -0.4 is 9.47 Å². The van der Waals surface area contributed by atoms with Crippen LogP contribution in [0, 0.1) is 0 Å². The van der Waals surface area contributed by atoms with Crippen LogP contribution in [0.15, 0.2) is 48.5 Å². The van der Waals surface area contributed by atoms with Gasteiger partial charge in [0, 0.05) is 19.1 Å². The van der Waals surface area contributed by atoms with E-state index in [1.54, 1.807) is 14.2 Å². The molecule has 1 N–H and O–H groups in total. The van der Waals surface area contributed by atoms with Gasteiger partial charge in [-0.05, 0) is 70.6 Å². The Morgan fingerprint density at radius 3 is 2.25 bits per heavy atom. The number of methoxy groups -OCH3 is 2. The Bertz CT molecular complexity index is 999. The largest absolute Gasteiger partial charge is 0.493 e. The molecular formula is C24H27NO3. The maximum atomic E-state index is 9.32. The molecule has 1 aliphatic rings. The number of benzene rings is 3. The number of aliphatic hydroxyl groups excluding tert-OH is 1. The summed E-state index contributed by atoms with van der Waals surface area (Å²) in [6.45, 7) is 4.27. The van der Waals surface area contributed by atoms with Crippen molar-refractivity contribution >= 4 is 10.8 Å². The predicted octanol–water partition coefficient (Wildman–Crippen LogP) is 4.47. The summed E-state index contributed by atoms with van der Waals surface area (Å²) in [5.74, 6) is 1.60. The van der Waals surface area contributed by atoms with Crippen LogP contribution >= 0.6 is 0 Å². The van der Waals surface area contributed by atoms with Crippen molar-refractivity contribution < 1.29 is 14.6 Å². The van der Waals surface area contributed by atoms with E-state index in [9.17, 15) is 5.11 Å². The molecule has 0 aromatic heterocycles.